The van der Waals surface area contributed by atoms with Crippen LogP contribution in [0, 0.1) is 0 Å². The highest BCUT2D eigenvalue weighted by atomic mass is 32.1. The van der Waals surface area contributed by atoms with Crippen molar-refractivity contribution in [3.63, 3.8) is 0 Å². The summed E-state index contributed by atoms with van der Waals surface area (Å²) in [6, 6.07) is 11.4. The van der Waals surface area contributed by atoms with Crippen LogP contribution in [0.4, 0.5) is 0 Å². The first-order chi connectivity index (χ1) is 14.8. The van der Waals surface area contributed by atoms with Gasteiger partial charge in [0.25, 0.3) is 0 Å². The Labute approximate surface area is 173 Å². The van der Waals surface area contributed by atoms with E-state index in [1.165, 1.54) is 6.20 Å². The molecule has 9 heteroatoms. The molecule has 0 spiro atoms. The van der Waals surface area contributed by atoms with E-state index in [9.17, 15) is 5.11 Å². The van der Waals surface area contributed by atoms with Crippen LogP contribution in [0.2, 0.25) is 0 Å². The number of aromatic hydroxyl groups is 1. The van der Waals surface area contributed by atoms with Gasteiger partial charge in [-0.25, -0.2) is 15.0 Å². The fourth-order valence-corrected chi connectivity index (χ4v) is 4.21. The van der Waals surface area contributed by atoms with Crippen LogP contribution in [0.15, 0.2) is 60.4 Å². The molecule has 6 heterocycles. The van der Waals surface area contributed by atoms with E-state index in [-0.39, 0.29) is 5.75 Å². The lowest BCUT2D eigenvalue weighted by molar-refractivity contribution is 0.473. The van der Waals surface area contributed by atoms with E-state index >= 15 is 0 Å². The number of hydrogen-bond acceptors (Lipinski definition) is 7. The predicted molar refractivity (Wildman–Crippen MR) is 115 cm³/mol. The summed E-state index contributed by atoms with van der Waals surface area (Å²) in [5, 5.41) is 19.2. The van der Waals surface area contributed by atoms with E-state index in [2.05, 4.69) is 36.2 Å². The first-order valence-corrected chi connectivity index (χ1v) is 10.0. The number of aromatic amines is 2. The Hall–Kier alpha value is -4.11. The molecule has 3 N–H and O–H groups in total. The zero-order chi connectivity index (χ0) is 20.1. The SMILES string of the molecule is Oc1cncc(-c2ccc3[nH]nc(-c4nc5nccc(-c6cccs6)c5[nH]4)c3n2)c1. The molecular formula is C21H13N7OS. The van der Waals surface area contributed by atoms with Crippen LogP contribution in [0.25, 0.3) is 55.4 Å². The van der Waals surface area contributed by atoms with Gasteiger partial charge in [-0.3, -0.25) is 10.1 Å². The molecule has 0 fully saturated rings. The Balaban J connectivity index is 1.52. The smallest absolute Gasteiger partial charge is 0.178 e. The summed E-state index contributed by atoms with van der Waals surface area (Å²) in [4.78, 5) is 22.3. The van der Waals surface area contributed by atoms with Crippen molar-refractivity contribution in [1.29, 1.82) is 0 Å². The van der Waals surface area contributed by atoms with E-state index in [1.54, 1.807) is 29.8 Å². The van der Waals surface area contributed by atoms with Crippen molar-refractivity contribution in [3.8, 4) is 39.0 Å². The molecule has 0 radical (unpaired) electrons. The number of nitrogens with zero attached hydrogens (tertiary/aromatic N) is 5. The number of fused-ring (bicyclic) bond motifs is 2. The standard InChI is InChI=1S/C21H13N7OS/c29-12-8-11(9-22-10-12)14-3-4-15-18(24-14)19(28-27-15)21-25-17-13(16-2-1-7-30-16)5-6-23-20(17)26-21/h1-10,29H,(H,27,28)(H,23,25,26). The molecule has 0 unspecified atom stereocenters. The second kappa shape index (κ2) is 6.46. The van der Waals surface area contributed by atoms with Crippen LogP contribution in [-0.4, -0.2) is 40.2 Å². The number of imidazole rings is 1. The third-order valence-corrected chi connectivity index (χ3v) is 5.73. The number of H-pyrrole nitrogens is 2. The van der Waals surface area contributed by atoms with Crippen LogP contribution in [0.3, 0.4) is 0 Å². The minimum atomic E-state index is 0.0891. The highest BCUT2D eigenvalue weighted by Crippen LogP contribution is 2.32. The fraction of sp³-hybridized carbons (Fsp3) is 0. The highest BCUT2D eigenvalue weighted by Gasteiger charge is 2.17. The van der Waals surface area contributed by atoms with Gasteiger partial charge in [0, 0.05) is 28.4 Å². The van der Waals surface area contributed by atoms with Gasteiger partial charge in [-0.1, -0.05) is 6.07 Å². The minimum Gasteiger partial charge on any atom is -0.506 e. The number of pyridine rings is 3. The van der Waals surface area contributed by atoms with E-state index < -0.39 is 0 Å². The molecule has 0 bridgehead atoms. The van der Waals surface area contributed by atoms with E-state index in [0.29, 0.717) is 28.4 Å². The molecule has 8 nitrogen and oxygen atoms in total. The van der Waals surface area contributed by atoms with Gasteiger partial charge < -0.3 is 10.1 Å². The fourth-order valence-electron chi connectivity index (χ4n) is 3.45. The summed E-state index contributed by atoms with van der Waals surface area (Å²) in [5.74, 6) is 0.678. The number of nitrogens with one attached hydrogen (secondary N) is 2. The second-order valence-corrected chi connectivity index (χ2v) is 7.66. The lowest BCUT2D eigenvalue weighted by atomic mass is 10.1. The maximum atomic E-state index is 9.74. The molecule has 0 aliphatic carbocycles. The molecule has 0 aromatic carbocycles. The summed E-state index contributed by atoms with van der Waals surface area (Å²) >= 11 is 1.66. The van der Waals surface area contributed by atoms with Crippen molar-refractivity contribution < 1.29 is 5.11 Å². The quantitative estimate of drug-likeness (QED) is 0.398. The Morgan fingerprint density at radius 3 is 2.87 bits per heavy atom. The molecule has 0 aliphatic rings. The molecule has 0 amide bonds. The van der Waals surface area contributed by atoms with Crippen LogP contribution >= 0.6 is 11.3 Å². The zero-order valence-electron chi connectivity index (χ0n) is 15.4. The highest BCUT2D eigenvalue weighted by molar-refractivity contribution is 7.13. The summed E-state index contributed by atoms with van der Waals surface area (Å²) in [6.07, 6.45) is 4.81. The number of aromatic nitrogens is 7. The molecule has 6 rings (SSSR count). The first-order valence-electron chi connectivity index (χ1n) is 9.15. The maximum absolute atomic E-state index is 9.74. The van der Waals surface area contributed by atoms with Crippen molar-refractivity contribution in [1.82, 2.24) is 35.1 Å². The van der Waals surface area contributed by atoms with Gasteiger partial charge in [-0.2, -0.15) is 5.10 Å². The monoisotopic (exact) mass is 411 g/mol. The molecule has 0 aliphatic heterocycles. The van der Waals surface area contributed by atoms with Crippen LogP contribution in [0.5, 0.6) is 5.75 Å². The van der Waals surface area contributed by atoms with Gasteiger partial charge in [0.15, 0.2) is 17.2 Å². The van der Waals surface area contributed by atoms with Gasteiger partial charge in [-0.05, 0) is 35.7 Å². The lowest BCUT2D eigenvalue weighted by Crippen LogP contribution is -1.87. The normalized spacial score (nSPS) is 11.5. The molecule has 0 atom stereocenters. The number of rotatable bonds is 3. The van der Waals surface area contributed by atoms with Crippen molar-refractivity contribution in [2.45, 2.75) is 0 Å². The van der Waals surface area contributed by atoms with Gasteiger partial charge in [0.2, 0.25) is 0 Å². The third kappa shape index (κ3) is 2.64. The van der Waals surface area contributed by atoms with Crippen molar-refractivity contribution in [2.75, 3.05) is 0 Å². The number of hydrogen-bond donors (Lipinski definition) is 3. The van der Waals surface area contributed by atoms with Crippen LogP contribution in [-0.2, 0) is 0 Å². The molecule has 30 heavy (non-hydrogen) atoms. The minimum absolute atomic E-state index is 0.0891. The van der Waals surface area contributed by atoms with E-state index in [1.807, 2.05) is 29.6 Å². The summed E-state index contributed by atoms with van der Waals surface area (Å²) < 4.78 is 0. The average Bonchev–Trinajstić information content (AvgIpc) is 3.51. The van der Waals surface area contributed by atoms with Crippen molar-refractivity contribution in [2.24, 2.45) is 0 Å². The molecule has 6 aromatic heterocycles. The van der Waals surface area contributed by atoms with Gasteiger partial charge >= 0.3 is 0 Å². The van der Waals surface area contributed by atoms with E-state index in [4.69, 9.17) is 4.98 Å². The lowest BCUT2D eigenvalue weighted by Gasteiger charge is -2.01. The average molecular weight is 411 g/mol. The van der Waals surface area contributed by atoms with E-state index in [0.717, 1.165) is 27.0 Å². The largest absolute Gasteiger partial charge is 0.506 e. The topological polar surface area (TPSA) is 116 Å². The van der Waals surface area contributed by atoms with Gasteiger partial charge in [0.1, 0.15) is 11.3 Å². The van der Waals surface area contributed by atoms with Crippen molar-refractivity contribution >= 4 is 33.5 Å². The summed E-state index contributed by atoms with van der Waals surface area (Å²) in [7, 11) is 0. The molecule has 0 saturated carbocycles. The second-order valence-electron chi connectivity index (χ2n) is 6.72. The Morgan fingerprint density at radius 2 is 2.00 bits per heavy atom. The molecule has 6 aromatic rings. The van der Waals surface area contributed by atoms with Gasteiger partial charge in [-0.15, -0.1) is 11.3 Å². The Kier molecular flexibility index (Phi) is 3.62. The predicted octanol–water partition coefficient (Wildman–Crippen LogP) is 4.39. The Morgan fingerprint density at radius 1 is 1.03 bits per heavy atom. The van der Waals surface area contributed by atoms with Gasteiger partial charge in [0.05, 0.1) is 22.9 Å². The molecule has 0 saturated heterocycles. The maximum Gasteiger partial charge on any atom is 0.178 e. The Bertz CT molecular complexity index is 1520. The first kappa shape index (κ1) is 16.8. The third-order valence-electron chi connectivity index (χ3n) is 4.83. The molecule has 144 valence electrons. The van der Waals surface area contributed by atoms with Crippen LogP contribution < -0.4 is 0 Å². The summed E-state index contributed by atoms with van der Waals surface area (Å²) in [5.41, 5.74) is 6.00. The summed E-state index contributed by atoms with van der Waals surface area (Å²) in [6.45, 7) is 0. The zero-order valence-corrected chi connectivity index (χ0v) is 16.2. The van der Waals surface area contributed by atoms with Crippen molar-refractivity contribution in [3.05, 3.63) is 60.4 Å². The van der Waals surface area contributed by atoms with Crippen LogP contribution in [0.1, 0.15) is 0 Å². The number of thiophene rings is 1. The molecular weight excluding hydrogens is 398 g/mol.